The van der Waals surface area contributed by atoms with E-state index in [0.29, 0.717) is 24.6 Å². The summed E-state index contributed by atoms with van der Waals surface area (Å²) in [5.41, 5.74) is 0.564. The first-order valence-corrected chi connectivity index (χ1v) is 6.95. The molecule has 0 aliphatic heterocycles. The molecule has 0 amide bonds. The van der Waals surface area contributed by atoms with Crippen LogP contribution in [0.1, 0.15) is 19.0 Å². The Morgan fingerprint density at radius 3 is 2.82 bits per heavy atom. The van der Waals surface area contributed by atoms with Crippen LogP contribution in [-0.4, -0.2) is 33.3 Å². The predicted octanol–water partition coefficient (Wildman–Crippen LogP) is 2.28. The zero-order chi connectivity index (χ0) is 12.8. The number of hydrogen-bond acceptors (Lipinski definition) is 5. The van der Waals surface area contributed by atoms with Gasteiger partial charge in [-0.3, -0.25) is 10.1 Å². The summed E-state index contributed by atoms with van der Waals surface area (Å²) in [6, 6.07) is 0. The van der Waals surface area contributed by atoms with Crippen molar-refractivity contribution < 1.29 is 4.92 Å². The van der Waals surface area contributed by atoms with Crippen molar-refractivity contribution in [3.05, 3.63) is 15.8 Å². The maximum atomic E-state index is 11.0. The molecule has 1 heterocycles. The van der Waals surface area contributed by atoms with Gasteiger partial charge < -0.3 is 5.32 Å². The molecule has 0 fully saturated rings. The van der Waals surface area contributed by atoms with Gasteiger partial charge in [0.15, 0.2) is 0 Å². The van der Waals surface area contributed by atoms with Crippen molar-refractivity contribution >= 4 is 23.3 Å². The average molecular weight is 258 g/mol. The molecule has 6 nitrogen and oxygen atoms in total. The van der Waals surface area contributed by atoms with Crippen LogP contribution in [0.5, 0.6) is 0 Å². The molecule has 0 radical (unpaired) electrons. The molecule has 0 aliphatic carbocycles. The Morgan fingerprint density at radius 2 is 2.29 bits per heavy atom. The lowest BCUT2D eigenvalue weighted by Crippen LogP contribution is -2.11. The van der Waals surface area contributed by atoms with Gasteiger partial charge in [0.25, 0.3) is 0 Å². The molecule has 0 aliphatic rings. The van der Waals surface area contributed by atoms with E-state index in [0.717, 1.165) is 12.2 Å². The maximum Gasteiger partial charge on any atom is 0.333 e. The first-order chi connectivity index (χ1) is 8.11. The highest BCUT2D eigenvalue weighted by Crippen LogP contribution is 2.28. The fourth-order valence-corrected chi connectivity index (χ4v) is 1.92. The molecule has 0 spiro atoms. The molecule has 1 aromatic rings. The molecule has 17 heavy (non-hydrogen) atoms. The Balaban J connectivity index is 2.98. The predicted molar refractivity (Wildman–Crippen MR) is 70.8 cm³/mol. The van der Waals surface area contributed by atoms with Gasteiger partial charge in [-0.15, -0.1) is 0 Å². The third-order valence-electron chi connectivity index (χ3n) is 2.31. The smallest absolute Gasteiger partial charge is 0.333 e. The van der Waals surface area contributed by atoms with Crippen LogP contribution in [0.25, 0.3) is 0 Å². The van der Waals surface area contributed by atoms with Crippen molar-refractivity contribution in [3.63, 3.8) is 0 Å². The lowest BCUT2D eigenvalue weighted by molar-refractivity contribution is -0.384. The van der Waals surface area contributed by atoms with Crippen molar-refractivity contribution in [2.75, 3.05) is 23.9 Å². The molecule has 1 rings (SSSR count). The van der Waals surface area contributed by atoms with E-state index in [2.05, 4.69) is 10.4 Å². The van der Waals surface area contributed by atoms with E-state index in [-0.39, 0.29) is 10.6 Å². The van der Waals surface area contributed by atoms with E-state index >= 15 is 0 Å². The summed E-state index contributed by atoms with van der Waals surface area (Å²) in [5.74, 6) is 1.44. The van der Waals surface area contributed by atoms with Gasteiger partial charge in [-0.1, -0.05) is 6.92 Å². The zero-order valence-electron chi connectivity index (χ0n) is 10.4. The highest BCUT2D eigenvalue weighted by atomic mass is 32.2. The molecule has 1 N–H and O–H groups in total. The second kappa shape index (κ2) is 6.48. The summed E-state index contributed by atoms with van der Waals surface area (Å²) in [6.45, 7) is 5.09. The Hall–Kier alpha value is -1.24. The third kappa shape index (κ3) is 3.36. The normalized spacial score (nSPS) is 10.5. The number of nitro groups is 1. The highest BCUT2D eigenvalue weighted by Gasteiger charge is 2.24. The Kier molecular flexibility index (Phi) is 5.27. The topological polar surface area (TPSA) is 73.0 Å². The van der Waals surface area contributed by atoms with E-state index in [1.165, 1.54) is 0 Å². The van der Waals surface area contributed by atoms with Gasteiger partial charge in [-0.05, 0) is 19.6 Å². The van der Waals surface area contributed by atoms with Gasteiger partial charge in [0.05, 0.1) is 4.92 Å². The van der Waals surface area contributed by atoms with Crippen molar-refractivity contribution in [2.24, 2.45) is 0 Å². The zero-order valence-corrected chi connectivity index (χ0v) is 11.2. The van der Waals surface area contributed by atoms with Crippen LogP contribution in [0.15, 0.2) is 0 Å². The minimum Gasteiger partial charge on any atom is -0.364 e. The number of hydrogen-bond donors (Lipinski definition) is 1. The van der Waals surface area contributed by atoms with Crippen LogP contribution < -0.4 is 5.32 Å². The molecule has 1 aromatic heterocycles. The van der Waals surface area contributed by atoms with Crippen LogP contribution in [0.4, 0.5) is 11.5 Å². The van der Waals surface area contributed by atoms with E-state index in [4.69, 9.17) is 0 Å². The van der Waals surface area contributed by atoms with Gasteiger partial charge in [-0.2, -0.15) is 16.9 Å². The number of aromatic nitrogens is 2. The molecule has 96 valence electrons. The highest BCUT2D eigenvalue weighted by molar-refractivity contribution is 7.98. The number of anilines is 1. The second-order valence-electron chi connectivity index (χ2n) is 3.68. The maximum absolute atomic E-state index is 11.0. The largest absolute Gasteiger partial charge is 0.364 e. The number of rotatable bonds is 7. The van der Waals surface area contributed by atoms with Gasteiger partial charge in [0, 0.05) is 18.8 Å². The molecular weight excluding hydrogens is 240 g/mol. The average Bonchev–Trinajstić information content (AvgIpc) is 2.56. The molecule has 0 aromatic carbocycles. The van der Waals surface area contributed by atoms with Crippen molar-refractivity contribution in [1.82, 2.24) is 9.78 Å². The SMILES string of the molecule is CCCn1nc(C)c([N+](=O)[O-])c1NCCSC. The van der Waals surface area contributed by atoms with Crippen molar-refractivity contribution in [3.8, 4) is 0 Å². The number of nitrogens with one attached hydrogen (secondary N) is 1. The molecule has 0 unspecified atom stereocenters. The number of aryl methyl sites for hydroxylation is 2. The Morgan fingerprint density at radius 1 is 1.59 bits per heavy atom. The lowest BCUT2D eigenvalue weighted by atomic mass is 10.4. The van der Waals surface area contributed by atoms with Crippen LogP contribution in [-0.2, 0) is 6.54 Å². The molecule has 0 atom stereocenters. The van der Waals surface area contributed by atoms with E-state index in [1.54, 1.807) is 23.4 Å². The fraction of sp³-hybridized carbons (Fsp3) is 0.700. The first-order valence-electron chi connectivity index (χ1n) is 5.56. The van der Waals surface area contributed by atoms with E-state index in [1.807, 2.05) is 13.2 Å². The summed E-state index contributed by atoms with van der Waals surface area (Å²) in [4.78, 5) is 10.6. The molecule has 0 saturated carbocycles. The first kappa shape index (κ1) is 13.8. The molecule has 7 heteroatoms. The number of nitrogens with zero attached hydrogens (tertiary/aromatic N) is 3. The summed E-state index contributed by atoms with van der Waals surface area (Å²) >= 11 is 1.70. The van der Waals surface area contributed by atoms with Crippen LogP contribution in [0.2, 0.25) is 0 Å². The fourth-order valence-electron chi connectivity index (χ4n) is 1.61. The van der Waals surface area contributed by atoms with Gasteiger partial charge in [0.1, 0.15) is 5.69 Å². The van der Waals surface area contributed by atoms with E-state index in [9.17, 15) is 10.1 Å². The summed E-state index contributed by atoms with van der Waals surface area (Å²) < 4.78 is 1.69. The Bertz CT molecular complexity index is 392. The second-order valence-corrected chi connectivity index (χ2v) is 4.67. The molecule has 0 saturated heterocycles. The lowest BCUT2D eigenvalue weighted by Gasteiger charge is -2.07. The summed E-state index contributed by atoms with van der Waals surface area (Å²) in [7, 11) is 0. The monoisotopic (exact) mass is 258 g/mol. The van der Waals surface area contributed by atoms with Crippen LogP contribution in [0.3, 0.4) is 0 Å². The standard InChI is InChI=1S/C10H18N4O2S/c1-4-6-13-10(11-5-7-17-3)9(14(15)16)8(2)12-13/h11H,4-7H2,1-3H3. The van der Waals surface area contributed by atoms with Crippen LogP contribution in [0, 0.1) is 17.0 Å². The van der Waals surface area contributed by atoms with E-state index < -0.39 is 0 Å². The van der Waals surface area contributed by atoms with Gasteiger partial charge in [0.2, 0.25) is 5.82 Å². The van der Waals surface area contributed by atoms with Crippen LogP contribution >= 0.6 is 11.8 Å². The molecule has 0 bridgehead atoms. The minimum atomic E-state index is -0.365. The summed E-state index contributed by atoms with van der Waals surface area (Å²) in [5, 5.41) is 18.3. The summed E-state index contributed by atoms with van der Waals surface area (Å²) in [6.07, 6.45) is 2.90. The van der Waals surface area contributed by atoms with Crippen molar-refractivity contribution in [1.29, 1.82) is 0 Å². The molecular formula is C10H18N4O2S. The third-order valence-corrected chi connectivity index (χ3v) is 2.92. The quantitative estimate of drug-likeness (QED) is 0.461. The Labute approximate surface area is 105 Å². The minimum absolute atomic E-state index is 0.0968. The number of thioether (sulfide) groups is 1. The van der Waals surface area contributed by atoms with Crippen molar-refractivity contribution in [2.45, 2.75) is 26.8 Å². The van der Waals surface area contributed by atoms with Gasteiger partial charge in [-0.25, -0.2) is 4.68 Å². The van der Waals surface area contributed by atoms with Gasteiger partial charge >= 0.3 is 5.69 Å².